The number of thioether (sulfide) groups is 1. The molecule has 2 atom stereocenters. The van der Waals surface area contributed by atoms with Gasteiger partial charge >= 0.3 is 0 Å². The van der Waals surface area contributed by atoms with Crippen molar-refractivity contribution in [2.45, 2.75) is 30.5 Å². The Bertz CT molecular complexity index is 381. The molecule has 0 aromatic heterocycles. The van der Waals surface area contributed by atoms with Gasteiger partial charge in [0.05, 0.1) is 6.10 Å². The van der Waals surface area contributed by atoms with Gasteiger partial charge in [-0.1, -0.05) is 30.1 Å². The number of aliphatic hydroxyl groups is 1. The fraction of sp³-hybridized carbons (Fsp3) is 0.455. The summed E-state index contributed by atoms with van der Waals surface area (Å²) in [4.78, 5) is 0. The molecule has 1 aromatic carbocycles. The van der Waals surface area contributed by atoms with E-state index >= 15 is 0 Å². The van der Waals surface area contributed by atoms with E-state index in [4.69, 9.17) is 23.2 Å². The highest BCUT2D eigenvalue weighted by Crippen LogP contribution is 2.41. The highest BCUT2D eigenvalue weighted by Gasteiger charge is 2.24. The number of aliphatic hydroxyl groups excluding tert-OH is 1. The third kappa shape index (κ3) is 2.28. The monoisotopic (exact) mass is 262 g/mol. The van der Waals surface area contributed by atoms with Gasteiger partial charge in [0.25, 0.3) is 0 Å². The quantitative estimate of drug-likeness (QED) is 0.761. The Kier molecular flexibility index (Phi) is 3.51. The van der Waals surface area contributed by atoms with Crippen molar-refractivity contribution in [3.8, 4) is 0 Å². The zero-order valence-electron chi connectivity index (χ0n) is 8.34. The van der Waals surface area contributed by atoms with Crippen molar-refractivity contribution in [3.63, 3.8) is 0 Å². The molecular weight excluding hydrogens is 251 g/mol. The Morgan fingerprint density at radius 1 is 1.33 bits per heavy atom. The van der Waals surface area contributed by atoms with Gasteiger partial charge in [-0.05, 0) is 24.1 Å². The standard InChI is InChI=1S/C11H12Cl2OS/c1-6-4-10(14)11-7(5-15-6)8(12)2-3-9(11)13/h2-3,6,10,14H,4-5H2,1H3/t6?,10-/m1/s1. The van der Waals surface area contributed by atoms with Crippen molar-refractivity contribution in [2.24, 2.45) is 0 Å². The van der Waals surface area contributed by atoms with Crippen LogP contribution in [0.2, 0.25) is 10.0 Å². The van der Waals surface area contributed by atoms with Gasteiger partial charge in [0.1, 0.15) is 0 Å². The summed E-state index contributed by atoms with van der Waals surface area (Å²) in [5, 5.41) is 11.8. The molecule has 1 nitrogen and oxygen atoms in total. The Labute approximate surface area is 104 Å². The van der Waals surface area contributed by atoms with Gasteiger partial charge in [0.15, 0.2) is 0 Å². The van der Waals surface area contributed by atoms with Gasteiger partial charge in [0.2, 0.25) is 0 Å². The molecule has 4 heteroatoms. The van der Waals surface area contributed by atoms with Crippen LogP contribution in [0.15, 0.2) is 12.1 Å². The summed E-state index contributed by atoms with van der Waals surface area (Å²) < 4.78 is 0. The molecule has 0 amide bonds. The normalized spacial score (nSPS) is 25.9. The van der Waals surface area contributed by atoms with Crippen LogP contribution in [-0.4, -0.2) is 10.4 Å². The van der Waals surface area contributed by atoms with E-state index in [2.05, 4.69) is 6.92 Å². The van der Waals surface area contributed by atoms with Crippen LogP contribution >= 0.6 is 35.0 Å². The van der Waals surface area contributed by atoms with E-state index in [0.29, 0.717) is 15.3 Å². The molecule has 2 rings (SSSR count). The maximum absolute atomic E-state index is 10.1. The first-order chi connectivity index (χ1) is 7.09. The summed E-state index contributed by atoms with van der Waals surface area (Å²) in [7, 11) is 0. The van der Waals surface area contributed by atoms with Crippen LogP contribution in [0, 0.1) is 0 Å². The summed E-state index contributed by atoms with van der Waals surface area (Å²) in [6.07, 6.45) is 0.244. The predicted octanol–water partition coefficient (Wildman–Crippen LogP) is 4.05. The summed E-state index contributed by atoms with van der Waals surface area (Å²) in [6, 6.07) is 3.55. The second kappa shape index (κ2) is 4.54. The van der Waals surface area contributed by atoms with E-state index in [9.17, 15) is 5.11 Å². The van der Waals surface area contributed by atoms with Crippen LogP contribution in [0.4, 0.5) is 0 Å². The van der Waals surface area contributed by atoms with Gasteiger partial charge in [-0.25, -0.2) is 0 Å². The van der Waals surface area contributed by atoms with E-state index in [1.165, 1.54) is 0 Å². The zero-order chi connectivity index (χ0) is 11.0. The minimum absolute atomic E-state index is 0.430. The highest BCUT2D eigenvalue weighted by molar-refractivity contribution is 7.99. The van der Waals surface area contributed by atoms with Crippen LogP contribution in [0.25, 0.3) is 0 Å². The molecule has 1 unspecified atom stereocenters. The van der Waals surface area contributed by atoms with Crippen molar-refractivity contribution in [2.75, 3.05) is 0 Å². The van der Waals surface area contributed by atoms with Gasteiger partial charge in [-0.15, -0.1) is 0 Å². The molecule has 0 saturated carbocycles. The minimum atomic E-state index is -0.490. The number of rotatable bonds is 0. The van der Waals surface area contributed by atoms with Crippen molar-refractivity contribution >= 4 is 35.0 Å². The van der Waals surface area contributed by atoms with Gasteiger partial charge < -0.3 is 5.11 Å². The van der Waals surface area contributed by atoms with Crippen LogP contribution in [-0.2, 0) is 5.75 Å². The molecule has 1 aromatic rings. The van der Waals surface area contributed by atoms with Crippen molar-refractivity contribution in [3.05, 3.63) is 33.3 Å². The molecule has 0 fully saturated rings. The Morgan fingerprint density at radius 2 is 2.00 bits per heavy atom. The third-order valence-corrected chi connectivity index (χ3v) is 4.55. The third-order valence-electron chi connectivity index (χ3n) is 2.65. The first-order valence-electron chi connectivity index (χ1n) is 4.86. The topological polar surface area (TPSA) is 20.2 Å². The van der Waals surface area contributed by atoms with Crippen molar-refractivity contribution < 1.29 is 5.11 Å². The molecule has 1 heterocycles. The van der Waals surface area contributed by atoms with E-state index < -0.39 is 6.10 Å². The number of benzene rings is 1. The molecule has 0 aliphatic carbocycles. The molecule has 15 heavy (non-hydrogen) atoms. The van der Waals surface area contributed by atoms with Gasteiger partial charge in [0, 0.05) is 26.6 Å². The second-order valence-electron chi connectivity index (χ2n) is 3.79. The smallest absolute Gasteiger partial charge is 0.0818 e. The van der Waals surface area contributed by atoms with E-state index in [0.717, 1.165) is 23.3 Å². The maximum atomic E-state index is 10.1. The number of hydrogen-bond acceptors (Lipinski definition) is 2. The molecule has 0 radical (unpaired) electrons. The lowest BCUT2D eigenvalue weighted by molar-refractivity contribution is 0.168. The molecule has 1 aliphatic heterocycles. The summed E-state index contributed by atoms with van der Waals surface area (Å²) >= 11 is 14.0. The highest BCUT2D eigenvalue weighted by atomic mass is 35.5. The van der Waals surface area contributed by atoms with Crippen LogP contribution in [0.1, 0.15) is 30.6 Å². The fourth-order valence-electron chi connectivity index (χ4n) is 1.84. The van der Waals surface area contributed by atoms with Gasteiger partial charge in [-0.2, -0.15) is 11.8 Å². The average molecular weight is 263 g/mol. The number of fused-ring (bicyclic) bond motifs is 1. The first-order valence-corrected chi connectivity index (χ1v) is 6.66. The molecule has 0 spiro atoms. The van der Waals surface area contributed by atoms with Crippen LogP contribution in [0.3, 0.4) is 0 Å². The van der Waals surface area contributed by atoms with Crippen molar-refractivity contribution in [1.82, 2.24) is 0 Å². The molecule has 1 aliphatic rings. The number of hydrogen-bond donors (Lipinski definition) is 1. The molecule has 0 bridgehead atoms. The van der Waals surface area contributed by atoms with Crippen LogP contribution in [0.5, 0.6) is 0 Å². The lowest BCUT2D eigenvalue weighted by Crippen LogP contribution is -2.04. The molecular formula is C11H12Cl2OS. The SMILES string of the molecule is CC1C[C@@H](O)c2c(Cl)ccc(Cl)c2CS1. The summed E-state index contributed by atoms with van der Waals surface area (Å²) in [5.74, 6) is 0.826. The lowest BCUT2D eigenvalue weighted by atomic mass is 10.0. The molecule has 1 N–H and O–H groups in total. The van der Waals surface area contributed by atoms with Crippen molar-refractivity contribution in [1.29, 1.82) is 0 Å². The van der Waals surface area contributed by atoms with Crippen LogP contribution < -0.4 is 0 Å². The van der Waals surface area contributed by atoms with E-state index in [-0.39, 0.29) is 0 Å². The molecule has 82 valence electrons. The predicted molar refractivity (Wildman–Crippen MR) is 66.8 cm³/mol. The number of halogens is 2. The lowest BCUT2D eigenvalue weighted by Gasteiger charge is -2.14. The summed E-state index contributed by atoms with van der Waals surface area (Å²) in [5.41, 5.74) is 1.81. The average Bonchev–Trinajstić information content (AvgIpc) is 2.32. The Morgan fingerprint density at radius 3 is 2.73 bits per heavy atom. The van der Waals surface area contributed by atoms with E-state index in [1.54, 1.807) is 23.9 Å². The molecule has 0 saturated heterocycles. The second-order valence-corrected chi connectivity index (χ2v) is 6.04. The summed E-state index contributed by atoms with van der Waals surface area (Å²) in [6.45, 7) is 2.11. The minimum Gasteiger partial charge on any atom is -0.388 e. The zero-order valence-corrected chi connectivity index (χ0v) is 10.7. The Balaban J connectivity index is 2.52. The van der Waals surface area contributed by atoms with E-state index in [1.807, 2.05) is 0 Å². The fourth-order valence-corrected chi connectivity index (χ4v) is 3.54. The Hall–Kier alpha value is 0.110. The first kappa shape index (κ1) is 11.6. The van der Waals surface area contributed by atoms with Gasteiger partial charge in [-0.3, -0.25) is 0 Å². The largest absolute Gasteiger partial charge is 0.388 e. The maximum Gasteiger partial charge on any atom is 0.0818 e.